The van der Waals surface area contributed by atoms with Crippen molar-refractivity contribution in [2.24, 2.45) is 17.2 Å². The van der Waals surface area contributed by atoms with Gasteiger partial charge in [0.15, 0.2) is 0 Å². The highest BCUT2D eigenvalue weighted by Gasteiger charge is 2.12. The standard InChI is InChI=1S/C6H9N3O2.C6H14N2O2/c7-5(6(10)11)1-4-2-8-3-9-4;7-4-2-1-3-5(8)6(9)10/h2-3,5H,1,7H2,(H,8,9)(H,10,11);5H,1-4,7-8H2,(H,9,10)/t2*5-/m00/s1. The van der Waals surface area contributed by atoms with Gasteiger partial charge in [-0.1, -0.05) is 6.42 Å². The quantitative estimate of drug-likeness (QED) is 0.327. The zero-order valence-corrected chi connectivity index (χ0v) is 11.7. The molecule has 9 nitrogen and oxygen atoms in total. The molecule has 0 spiro atoms. The first kappa shape index (κ1) is 19.0. The van der Waals surface area contributed by atoms with Gasteiger partial charge in [0.1, 0.15) is 12.1 Å². The fraction of sp³-hybridized carbons (Fsp3) is 0.583. The Bertz CT molecular complexity index is 410. The van der Waals surface area contributed by atoms with E-state index in [-0.39, 0.29) is 6.42 Å². The summed E-state index contributed by atoms with van der Waals surface area (Å²) in [6.45, 7) is 0.604. The van der Waals surface area contributed by atoms with Crippen LogP contribution < -0.4 is 17.2 Å². The van der Waals surface area contributed by atoms with E-state index < -0.39 is 24.0 Å². The maximum Gasteiger partial charge on any atom is 0.320 e. The van der Waals surface area contributed by atoms with Gasteiger partial charge in [0, 0.05) is 12.6 Å². The number of unbranched alkanes of at least 4 members (excludes halogenated alkanes) is 1. The molecular weight excluding hydrogens is 278 g/mol. The minimum absolute atomic E-state index is 0.263. The van der Waals surface area contributed by atoms with Crippen molar-refractivity contribution in [2.45, 2.75) is 37.8 Å². The third kappa shape index (κ3) is 9.55. The maximum atomic E-state index is 10.3. The Labute approximate surface area is 122 Å². The number of rotatable bonds is 8. The van der Waals surface area contributed by atoms with Crippen molar-refractivity contribution in [1.82, 2.24) is 9.97 Å². The second-order valence-electron chi connectivity index (χ2n) is 4.44. The molecule has 0 radical (unpaired) electrons. The third-order valence-electron chi connectivity index (χ3n) is 2.59. The van der Waals surface area contributed by atoms with Gasteiger partial charge in [-0.15, -0.1) is 0 Å². The monoisotopic (exact) mass is 301 g/mol. The lowest BCUT2D eigenvalue weighted by atomic mass is 10.1. The number of hydrogen-bond donors (Lipinski definition) is 6. The number of carboxylic acid groups (broad SMARTS) is 2. The van der Waals surface area contributed by atoms with Crippen LogP contribution in [-0.2, 0) is 16.0 Å². The average Bonchev–Trinajstić information content (AvgIpc) is 2.92. The number of nitrogens with two attached hydrogens (primary N) is 3. The summed E-state index contributed by atoms with van der Waals surface area (Å²) in [6.07, 6.45) is 5.54. The third-order valence-corrected chi connectivity index (χ3v) is 2.59. The molecule has 1 aromatic rings. The van der Waals surface area contributed by atoms with Gasteiger partial charge in [-0.3, -0.25) is 9.59 Å². The molecule has 0 saturated carbocycles. The van der Waals surface area contributed by atoms with Gasteiger partial charge in [0.2, 0.25) is 0 Å². The van der Waals surface area contributed by atoms with Crippen LogP contribution in [0.25, 0.3) is 0 Å². The number of aromatic nitrogens is 2. The molecule has 1 aromatic heterocycles. The lowest BCUT2D eigenvalue weighted by molar-refractivity contribution is -0.139. The molecule has 0 amide bonds. The zero-order valence-electron chi connectivity index (χ0n) is 11.7. The van der Waals surface area contributed by atoms with E-state index in [0.717, 1.165) is 12.8 Å². The van der Waals surface area contributed by atoms with Crippen LogP contribution in [0.1, 0.15) is 25.0 Å². The molecule has 0 unspecified atom stereocenters. The average molecular weight is 301 g/mol. The normalized spacial score (nSPS) is 12.9. The van der Waals surface area contributed by atoms with Crippen molar-refractivity contribution < 1.29 is 19.8 Å². The summed E-state index contributed by atoms with van der Waals surface area (Å²) in [4.78, 5) is 27.0. The SMILES string of the molecule is NCCCC[C@H](N)C(=O)O.N[C@@H](Cc1c[nH]cn1)C(=O)O. The molecule has 1 heterocycles. The van der Waals surface area contributed by atoms with Gasteiger partial charge < -0.3 is 32.4 Å². The van der Waals surface area contributed by atoms with Gasteiger partial charge in [0.05, 0.1) is 12.0 Å². The summed E-state index contributed by atoms with van der Waals surface area (Å²) in [5, 5.41) is 16.7. The number of hydrogen-bond acceptors (Lipinski definition) is 6. The van der Waals surface area contributed by atoms with Crippen molar-refractivity contribution in [1.29, 1.82) is 0 Å². The number of aromatic amines is 1. The van der Waals surface area contributed by atoms with Gasteiger partial charge in [-0.2, -0.15) is 0 Å². The van der Waals surface area contributed by atoms with Crippen molar-refractivity contribution in [2.75, 3.05) is 6.54 Å². The molecule has 0 bridgehead atoms. The van der Waals surface area contributed by atoms with Crippen molar-refractivity contribution >= 4 is 11.9 Å². The molecule has 1 rings (SSSR count). The predicted octanol–water partition coefficient (Wildman–Crippen LogP) is -1.11. The number of carbonyl (C=O) groups is 2. The molecule has 0 fully saturated rings. The second kappa shape index (κ2) is 10.8. The fourth-order valence-corrected chi connectivity index (χ4v) is 1.35. The largest absolute Gasteiger partial charge is 0.480 e. The molecule has 0 aliphatic rings. The summed E-state index contributed by atoms with van der Waals surface area (Å²) in [5.41, 5.74) is 16.3. The molecular formula is C12H23N5O4. The van der Waals surface area contributed by atoms with Gasteiger partial charge in [-0.25, -0.2) is 4.98 Å². The van der Waals surface area contributed by atoms with E-state index in [2.05, 4.69) is 9.97 Å². The Morgan fingerprint density at radius 2 is 1.81 bits per heavy atom. The number of carboxylic acids is 2. The van der Waals surface area contributed by atoms with E-state index >= 15 is 0 Å². The van der Waals surface area contributed by atoms with Crippen LogP contribution in [0.15, 0.2) is 12.5 Å². The molecule has 0 saturated heterocycles. The lowest BCUT2D eigenvalue weighted by Crippen LogP contribution is -2.32. The zero-order chi connectivity index (χ0) is 16.3. The number of nitrogens with one attached hydrogen (secondary N) is 1. The molecule has 0 aliphatic heterocycles. The number of nitrogens with zero attached hydrogens (tertiary/aromatic N) is 1. The summed E-state index contributed by atoms with van der Waals surface area (Å²) in [6, 6.07) is -1.58. The van der Waals surface area contributed by atoms with Gasteiger partial charge >= 0.3 is 11.9 Å². The van der Waals surface area contributed by atoms with Crippen LogP contribution in [0, 0.1) is 0 Å². The molecule has 21 heavy (non-hydrogen) atoms. The Balaban J connectivity index is 0.000000384. The predicted molar refractivity (Wildman–Crippen MR) is 76.4 cm³/mol. The number of imidazole rings is 1. The Kier molecular flexibility index (Phi) is 9.76. The summed E-state index contributed by atoms with van der Waals surface area (Å²) < 4.78 is 0. The van der Waals surface area contributed by atoms with Crippen LogP contribution in [-0.4, -0.2) is 50.7 Å². The molecule has 9 heteroatoms. The van der Waals surface area contributed by atoms with Crippen LogP contribution in [0.2, 0.25) is 0 Å². The van der Waals surface area contributed by atoms with Crippen molar-refractivity contribution in [3.8, 4) is 0 Å². The first-order chi connectivity index (χ1) is 9.88. The number of H-pyrrole nitrogens is 1. The first-order valence-corrected chi connectivity index (χ1v) is 6.53. The molecule has 0 aliphatic carbocycles. The first-order valence-electron chi connectivity index (χ1n) is 6.53. The summed E-state index contributed by atoms with van der Waals surface area (Å²) in [7, 11) is 0. The minimum Gasteiger partial charge on any atom is -0.480 e. The van der Waals surface area contributed by atoms with Crippen LogP contribution >= 0.6 is 0 Å². The lowest BCUT2D eigenvalue weighted by Gasteiger charge is -2.03. The smallest absolute Gasteiger partial charge is 0.320 e. The van der Waals surface area contributed by atoms with E-state index in [9.17, 15) is 9.59 Å². The summed E-state index contributed by atoms with van der Waals surface area (Å²) in [5.74, 6) is -1.94. The van der Waals surface area contributed by atoms with Crippen LogP contribution in [0.3, 0.4) is 0 Å². The number of aliphatic carboxylic acids is 2. The van der Waals surface area contributed by atoms with Gasteiger partial charge in [-0.05, 0) is 19.4 Å². The topological polar surface area (TPSA) is 181 Å². The minimum atomic E-state index is -1.01. The van der Waals surface area contributed by atoms with Crippen LogP contribution in [0.4, 0.5) is 0 Å². The Morgan fingerprint density at radius 3 is 2.24 bits per heavy atom. The van der Waals surface area contributed by atoms with Crippen molar-refractivity contribution in [3.63, 3.8) is 0 Å². The highest BCUT2D eigenvalue weighted by molar-refractivity contribution is 5.73. The molecule has 2 atom stereocenters. The van der Waals surface area contributed by atoms with E-state index in [1.165, 1.54) is 6.33 Å². The maximum absolute atomic E-state index is 10.3. The highest BCUT2D eigenvalue weighted by Crippen LogP contribution is 1.97. The summed E-state index contributed by atoms with van der Waals surface area (Å²) >= 11 is 0. The van der Waals surface area contributed by atoms with E-state index in [4.69, 9.17) is 27.4 Å². The fourth-order valence-electron chi connectivity index (χ4n) is 1.35. The van der Waals surface area contributed by atoms with E-state index in [1.807, 2.05) is 0 Å². The Hall–Kier alpha value is -1.97. The highest BCUT2D eigenvalue weighted by atomic mass is 16.4. The van der Waals surface area contributed by atoms with Crippen molar-refractivity contribution in [3.05, 3.63) is 18.2 Å². The molecule has 9 N–H and O–H groups in total. The molecule has 120 valence electrons. The van der Waals surface area contributed by atoms with Crippen LogP contribution in [0.5, 0.6) is 0 Å². The molecule has 0 aromatic carbocycles. The Morgan fingerprint density at radius 1 is 1.19 bits per heavy atom. The van der Waals surface area contributed by atoms with Gasteiger partial charge in [0.25, 0.3) is 0 Å². The second-order valence-corrected chi connectivity index (χ2v) is 4.44. The van der Waals surface area contributed by atoms with E-state index in [0.29, 0.717) is 18.7 Å². The van der Waals surface area contributed by atoms with E-state index in [1.54, 1.807) is 6.20 Å².